The van der Waals surface area contributed by atoms with Gasteiger partial charge >= 0.3 is 0 Å². The van der Waals surface area contributed by atoms with Gasteiger partial charge in [-0.2, -0.15) is 0 Å². The summed E-state index contributed by atoms with van der Waals surface area (Å²) in [5, 5.41) is 3.46. The lowest BCUT2D eigenvalue weighted by Crippen LogP contribution is -2.02. The molecule has 3 heteroatoms. The number of nitrogens with one attached hydrogen (secondary N) is 1. The average molecular weight is 277 g/mol. The summed E-state index contributed by atoms with van der Waals surface area (Å²) < 4.78 is 0. The molecule has 21 heavy (non-hydrogen) atoms. The van der Waals surface area contributed by atoms with Crippen LogP contribution in [0.5, 0.6) is 0 Å². The van der Waals surface area contributed by atoms with Crippen molar-refractivity contribution in [2.24, 2.45) is 0 Å². The first-order valence-corrected chi connectivity index (χ1v) is 7.40. The fourth-order valence-corrected chi connectivity index (χ4v) is 2.40. The Morgan fingerprint density at radius 2 is 1.62 bits per heavy atom. The summed E-state index contributed by atoms with van der Waals surface area (Å²) in [7, 11) is 0. The van der Waals surface area contributed by atoms with Crippen LogP contribution in [-0.2, 0) is 6.42 Å². The largest absolute Gasteiger partial charge is 0.385 e. The Hall–Kier alpha value is -2.42. The second-order valence-corrected chi connectivity index (χ2v) is 5.13. The molecule has 2 aromatic carbocycles. The lowest BCUT2D eigenvalue weighted by Gasteiger charge is -2.07. The summed E-state index contributed by atoms with van der Waals surface area (Å²) in [6.45, 7) is 0.985. The van der Waals surface area contributed by atoms with Crippen molar-refractivity contribution in [2.45, 2.75) is 19.3 Å². The van der Waals surface area contributed by atoms with E-state index in [0.717, 1.165) is 36.1 Å². The van der Waals surface area contributed by atoms with Gasteiger partial charge in [-0.3, -0.25) is 9.97 Å². The Morgan fingerprint density at radius 3 is 2.48 bits per heavy atom. The van der Waals surface area contributed by atoms with Gasteiger partial charge in [0.05, 0.1) is 11.0 Å². The molecule has 3 rings (SSSR count). The third kappa shape index (κ3) is 3.78. The van der Waals surface area contributed by atoms with Crippen molar-refractivity contribution in [3.05, 3.63) is 66.5 Å². The highest BCUT2D eigenvalue weighted by molar-refractivity contribution is 5.78. The fraction of sp³-hybridized carbons (Fsp3) is 0.222. The lowest BCUT2D eigenvalue weighted by molar-refractivity contribution is 0.763. The molecular weight excluding hydrogens is 258 g/mol. The molecular formula is C18H19N3. The number of aromatic nitrogens is 2. The smallest absolute Gasteiger partial charge is 0.0907 e. The number of hydrogen-bond donors (Lipinski definition) is 1. The maximum Gasteiger partial charge on any atom is 0.0907 e. The van der Waals surface area contributed by atoms with Crippen LogP contribution in [0.2, 0.25) is 0 Å². The first-order valence-electron chi connectivity index (χ1n) is 7.40. The van der Waals surface area contributed by atoms with Crippen LogP contribution in [0.1, 0.15) is 18.4 Å². The third-order valence-electron chi connectivity index (χ3n) is 3.53. The quantitative estimate of drug-likeness (QED) is 0.690. The number of hydrogen-bond acceptors (Lipinski definition) is 3. The van der Waals surface area contributed by atoms with Crippen molar-refractivity contribution in [1.82, 2.24) is 9.97 Å². The maximum absolute atomic E-state index is 4.32. The van der Waals surface area contributed by atoms with Crippen molar-refractivity contribution in [2.75, 3.05) is 11.9 Å². The van der Waals surface area contributed by atoms with E-state index in [1.54, 1.807) is 12.4 Å². The molecule has 106 valence electrons. The van der Waals surface area contributed by atoms with Crippen LogP contribution in [0.4, 0.5) is 5.69 Å². The standard InChI is InChI=1S/C18H19N3/c1-2-6-15(7-3-1)8-4-5-11-19-16-9-10-17-18(14-16)21-13-12-20-17/h1-3,6-7,9-10,12-14,19H,4-5,8,11H2. The Balaban J connectivity index is 1.46. The molecule has 0 aliphatic rings. The normalized spacial score (nSPS) is 10.7. The van der Waals surface area contributed by atoms with E-state index in [0.29, 0.717) is 0 Å². The Kier molecular flexibility index (Phi) is 4.42. The van der Waals surface area contributed by atoms with Crippen LogP contribution in [0, 0.1) is 0 Å². The fourth-order valence-electron chi connectivity index (χ4n) is 2.40. The summed E-state index contributed by atoms with van der Waals surface area (Å²) in [5.74, 6) is 0. The lowest BCUT2D eigenvalue weighted by atomic mass is 10.1. The van der Waals surface area contributed by atoms with E-state index >= 15 is 0 Å². The minimum atomic E-state index is 0.937. The summed E-state index contributed by atoms with van der Waals surface area (Å²) in [4.78, 5) is 8.60. The number of nitrogens with zero attached hydrogens (tertiary/aromatic N) is 2. The van der Waals surface area contributed by atoms with E-state index in [-0.39, 0.29) is 0 Å². The zero-order chi connectivity index (χ0) is 14.3. The molecule has 0 saturated carbocycles. The molecule has 0 fully saturated rings. The molecule has 0 bridgehead atoms. The molecule has 1 aromatic heterocycles. The predicted octanol–water partition coefficient (Wildman–Crippen LogP) is 4.06. The van der Waals surface area contributed by atoms with Gasteiger partial charge in [-0.1, -0.05) is 30.3 Å². The average Bonchev–Trinajstić information content (AvgIpc) is 2.55. The minimum Gasteiger partial charge on any atom is -0.385 e. The maximum atomic E-state index is 4.32. The molecule has 1 N–H and O–H groups in total. The van der Waals surface area contributed by atoms with Gasteiger partial charge in [0.1, 0.15) is 0 Å². The van der Waals surface area contributed by atoms with Crippen molar-refractivity contribution in [3.63, 3.8) is 0 Å². The molecule has 0 spiro atoms. The number of anilines is 1. The molecule has 0 aliphatic heterocycles. The summed E-state index contributed by atoms with van der Waals surface area (Å²) in [6, 6.07) is 16.8. The Labute approximate surface area is 125 Å². The zero-order valence-electron chi connectivity index (χ0n) is 12.0. The van der Waals surface area contributed by atoms with E-state index in [1.807, 2.05) is 6.07 Å². The number of rotatable bonds is 6. The van der Waals surface area contributed by atoms with Gasteiger partial charge in [0.15, 0.2) is 0 Å². The van der Waals surface area contributed by atoms with Crippen molar-refractivity contribution in [1.29, 1.82) is 0 Å². The minimum absolute atomic E-state index is 0.937. The second kappa shape index (κ2) is 6.84. The first-order chi connectivity index (χ1) is 10.4. The first kappa shape index (κ1) is 13.6. The van der Waals surface area contributed by atoms with E-state index in [4.69, 9.17) is 0 Å². The Bertz CT molecular complexity index is 695. The molecule has 1 heterocycles. The van der Waals surface area contributed by atoms with E-state index in [1.165, 1.54) is 12.0 Å². The van der Waals surface area contributed by atoms with Crippen LogP contribution in [-0.4, -0.2) is 16.5 Å². The van der Waals surface area contributed by atoms with Crippen LogP contribution < -0.4 is 5.32 Å². The topological polar surface area (TPSA) is 37.8 Å². The number of fused-ring (bicyclic) bond motifs is 1. The van der Waals surface area contributed by atoms with Gasteiger partial charge in [0.2, 0.25) is 0 Å². The van der Waals surface area contributed by atoms with Gasteiger partial charge < -0.3 is 5.32 Å². The van der Waals surface area contributed by atoms with Crippen molar-refractivity contribution >= 4 is 16.7 Å². The highest BCUT2D eigenvalue weighted by Gasteiger charge is 1.98. The van der Waals surface area contributed by atoms with Crippen LogP contribution >= 0.6 is 0 Å². The van der Waals surface area contributed by atoms with E-state index in [9.17, 15) is 0 Å². The van der Waals surface area contributed by atoms with Gasteiger partial charge in [-0.25, -0.2) is 0 Å². The molecule has 0 radical (unpaired) electrons. The summed E-state index contributed by atoms with van der Waals surface area (Å²) in [6.07, 6.45) is 6.95. The van der Waals surface area contributed by atoms with Crippen LogP contribution in [0.3, 0.4) is 0 Å². The summed E-state index contributed by atoms with van der Waals surface area (Å²) in [5.41, 5.74) is 4.40. The number of benzene rings is 2. The molecule has 0 atom stereocenters. The van der Waals surface area contributed by atoms with Crippen molar-refractivity contribution in [3.8, 4) is 0 Å². The second-order valence-electron chi connectivity index (χ2n) is 5.13. The van der Waals surface area contributed by atoms with E-state index < -0.39 is 0 Å². The summed E-state index contributed by atoms with van der Waals surface area (Å²) >= 11 is 0. The van der Waals surface area contributed by atoms with Gasteiger partial charge in [-0.05, 0) is 43.0 Å². The predicted molar refractivity (Wildman–Crippen MR) is 87.4 cm³/mol. The molecule has 0 unspecified atom stereocenters. The van der Waals surface area contributed by atoms with Gasteiger partial charge in [-0.15, -0.1) is 0 Å². The third-order valence-corrected chi connectivity index (χ3v) is 3.53. The molecule has 0 amide bonds. The van der Waals surface area contributed by atoms with E-state index in [2.05, 4.69) is 57.7 Å². The SMILES string of the molecule is c1ccc(CCCCNc2ccc3nccnc3c2)cc1. The van der Waals surface area contributed by atoms with Crippen LogP contribution in [0.15, 0.2) is 60.9 Å². The number of unbranched alkanes of at least 4 members (excludes halogenated alkanes) is 1. The molecule has 3 aromatic rings. The molecule has 0 aliphatic carbocycles. The molecule has 0 saturated heterocycles. The Morgan fingerprint density at radius 1 is 0.810 bits per heavy atom. The van der Waals surface area contributed by atoms with Crippen molar-refractivity contribution < 1.29 is 0 Å². The number of aryl methyl sites for hydroxylation is 1. The van der Waals surface area contributed by atoms with Gasteiger partial charge in [0, 0.05) is 24.6 Å². The highest BCUT2D eigenvalue weighted by atomic mass is 14.9. The van der Waals surface area contributed by atoms with Crippen LogP contribution in [0.25, 0.3) is 11.0 Å². The molecule has 3 nitrogen and oxygen atoms in total. The zero-order valence-corrected chi connectivity index (χ0v) is 12.0. The monoisotopic (exact) mass is 277 g/mol. The highest BCUT2D eigenvalue weighted by Crippen LogP contribution is 2.15. The van der Waals surface area contributed by atoms with Gasteiger partial charge in [0.25, 0.3) is 0 Å².